The molecule has 0 amide bonds. The van der Waals surface area contributed by atoms with E-state index in [-0.39, 0.29) is 10.6 Å². The minimum atomic E-state index is -0.990. The van der Waals surface area contributed by atoms with E-state index in [2.05, 4.69) is 12.1 Å². The van der Waals surface area contributed by atoms with Crippen molar-refractivity contribution in [1.29, 1.82) is 0 Å². The zero-order chi connectivity index (χ0) is 13.7. The van der Waals surface area contributed by atoms with Gasteiger partial charge in [-0.1, -0.05) is 41.9 Å². The number of carbonyl (C=O) groups is 1. The third-order valence-corrected chi connectivity index (χ3v) is 4.00. The van der Waals surface area contributed by atoms with Crippen molar-refractivity contribution in [3.8, 4) is 0 Å². The summed E-state index contributed by atoms with van der Waals surface area (Å²) >= 11 is 7.46. The van der Waals surface area contributed by atoms with E-state index < -0.39 is 5.97 Å². The second-order valence-corrected chi connectivity index (χ2v) is 5.61. The number of carboxylic acids is 1. The first-order chi connectivity index (χ1) is 9.16. The lowest BCUT2D eigenvalue weighted by Crippen LogP contribution is -1.97. The van der Waals surface area contributed by atoms with Crippen LogP contribution in [0.3, 0.4) is 0 Å². The first kappa shape index (κ1) is 14.0. The number of hydrogen-bond acceptors (Lipinski definition) is 2. The fraction of sp³-hybridized carbons (Fsp3) is 0.133. The van der Waals surface area contributed by atoms with Gasteiger partial charge in [0, 0.05) is 10.6 Å². The summed E-state index contributed by atoms with van der Waals surface area (Å²) in [4.78, 5) is 11.9. The van der Waals surface area contributed by atoms with Gasteiger partial charge >= 0.3 is 5.97 Å². The highest BCUT2D eigenvalue weighted by atomic mass is 35.5. The van der Waals surface area contributed by atoms with E-state index in [1.54, 1.807) is 23.9 Å². The number of benzene rings is 2. The van der Waals surface area contributed by atoms with Crippen LogP contribution in [0.25, 0.3) is 0 Å². The van der Waals surface area contributed by atoms with E-state index in [0.29, 0.717) is 0 Å². The molecule has 0 bridgehead atoms. The third kappa shape index (κ3) is 4.01. The fourth-order valence-electron chi connectivity index (χ4n) is 1.69. The molecular weight excluding hydrogens is 280 g/mol. The Kier molecular flexibility index (Phi) is 4.88. The molecule has 0 atom stereocenters. The largest absolute Gasteiger partial charge is 0.478 e. The van der Waals surface area contributed by atoms with Crippen LogP contribution >= 0.6 is 23.4 Å². The minimum absolute atomic E-state index is 0.159. The van der Waals surface area contributed by atoms with E-state index in [4.69, 9.17) is 16.7 Å². The molecule has 0 aliphatic rings. The average molecular weight is 293 g/mol. The van der Waals surface area contributed by atoms with Crippen molar-refractivity contribution in [2.75, 3.05) is 5.75 Å². The van der Waals surface area contributed by atoms with Crippen LogP contribution in [0.4, 0.5) is 0 Å². The quantitative estimate of drug-likeness (QED) is 0.831. The van der Waals surface area contributed by atoms with Crippen LogP contribution in [-0.2, 0) is 6.42 Å². The van der Waals surface area contributed by atoms with Crippen LogP contribution in [-0.4, -0.2) is 16.8 Å². The van der Waals surface area contributed by atoms with Gasteiger partial charge in [-0.25, -0.2) is 4.79 Å². The SMILES string of the molecule is O=C(O)c1cc(SCCc2ccccc2)ccc1Cl. The Hall–Kier alpha value is -1.45. The highest BCUT2D eigenvalue weighted by Gasteiger charge is 2.09. The maximum absolute atomic E-state index is 11.0. The second kappa shape index (κ2) is 6.64. The number of halogens is 1. The Morgan fingerprint density at radius 3 is 2.58 bits per heavy atom. The normalized spacial score (nSPS) is 10.4. The lowest BCUT2D eigenvalue weighted by molar-refractivity contribution is 0.0697. The Morgan fingerprint density at radius 1 is 1.16 bits per heavy atom. The molecule has 0 unspecified atom stereocenters. The first-order valence-electron chi connectivity index (χ1n) is 5.86. The van der Waals surface area contributed by atoms with Crippen molar-refractivity contribution < 1.29 is 9.90 Å². The molecule has 2 aromatic rings. The van der Waals surface area contributed by atoms with Gasteiger partial charge in [0.25, 0.3) is 0 Å². The summed E-state index contributed by atoms with van der Waals surface area (Å²) in [6.07, 6.45) is 0.955. The van der Waals surface area contributed by atoms with Gasteiger partial charge in [0.2, 0.25) is 0 Å². The zero-order valence-corrected chi connectivity index (χ0v) is 11.7. The standard InChI is InChI=1S/C15H13ClO2S/c16-14-7-6-12(10-13(14)15(17)18)19-9-8-11-4-2-1-3-5-11/h1-7,10H,8-9H2,(H,17,18). The number of hydrogen-bond donors (Lipinski definition) is 1. The number of aromatic carboxylic acids is 1. The maximum Gasteiger partial charge on any atom is 0.337 e. The average Bonchev–Trinajstić information content (AvgIpc) is 2.41. The molecule has 0 spiro atoms. The summed E-state index contributed by atoms with van der Waals surface area (Å²) in [5, 5.41) is 9.28. The van der Waals surface area contributed by atoms with E-state index >= 15 is 0 Å². The summed E-state index contributed by atoms with van der Waals surface area (Å²) in [7, 11) is 0. The molecule has 0 heterocycles. The van der Waals surface area contributed by atoms with Crippen molar-refractivity contribution in [1.82, 2.24) is 0 Å². The molecule has 0 saturated carbocycles. The summed E-state index contributed by atoms with van der Waals surface area (Å²) in [6, 6.07) is 15.3. The second-order valence-electron chi connectivity index (χ2n) is 4.03. The van der Waals surface area contributed by atoms with Gasteiger partial charge in [0.05, 0.1) is 10.6 Å². The van der Waals surface area contributed by atoms with Crippen molar-refractivity contribution in [3.63, 3.8) is 0 Å². The minimum Gasteiger partial charge on any atom is -0.478 e. The van der Waals surface area contributed by atoms with Crippen molar-refractivity contribution >= 4 is 29.3 Å². The van der Waals surface area contributed by atoms with Gasteiger partial charge in [0.1, 0.15) is 0 Å². The van der Waals surface area contributed by atoms with Gasteiger partial charge in [-0.05, 0) is 30.2 Å². The van der Waals surface area contributed by atoms with E-state index in [1.165, 1.54) is 5.56 Å². The Bertz CT molecular complexity index is 570. The van der Waals surface area contributed by atoms with E-state index in [0.717, 1.165) is 17.1 Å². The molecule has 1 N–H and O–H groups in total. The predicted molar refractivity (Wildman–Crippen MR) is 79.3 cm³/mol. The summed E-state index contributed by atoms with van der Waals surface area (Å²) in [5.74, 6) is -0.0828. The Morgan fingerprint density at radius 2 is 1.89 bits per heavy atom. The molecule has 19 heavy (non-hydrogen) atoms. The van der Waals surface area contributed by atoms with Crippen LogP contribution in [0, 0.1) is 0 Å². The lowest BCUT2D eigenvalue weighted by atomic mass is 10.2. The molecule has 0 aromatic heterocycles. The highest BCUT2D eigenvalue weighted by Crippen LogP contribution is 2.25. The topological polar surface area (TPSA) is 37.3 Å². The molecule has 0 saturated heterocycles. The van der Waals surface area contributed by atoms with Gasteiger partial charge in [-0.2, -0.15) is 0 Å². The third-order valence-electron chi connectivity index (χ3n) is 2.67. The molecule has 2 aromatic carbocycles. The summed E-state index contributed by atoms with van der Waals surface area (Å²) in [6.45, 7) is 0. The molecule has 2 nitrogen and oxygen atoms in total. The number of rotatable bonds is 5. The van der Waals surface area contributed by atoms with Crippen molar-refractivity contribution in [2.45, 2.75) is 11.3 Å². The first-order valence-corrected chi connectivity index (χ1v) is 7.23. The van der Waals surface area contributed by atoms with Gasteiger partial charge in [-0.3, -0.25) is 0 Å². The van der Waals surface area contributed by atoms with Gasteiger partial charge in [-0.15, -0.1) is 11.8 Å². The Balaban J connectivity index is 1.97. The Labute approximate surface area is 121 Å². The molecule has 0 radical (unpaired) electrons. The molecule has 4 heteroatoms. The molecule has 98 valence electrons. The highest BCUT2D eigenvalue weighted by molar-refractivity contribution is 7.99. The summed E-state index contributed by atoms with van der Waals surface area (Å²) in [5.41, 5.74) is 1.44. The number of carboxylic acid groups (broad SMARTS) is 1. The van der Waals surface area contributed by atoms with Crippen LogP contribution in [0.5, 0.6) is 0 Å². The molecule has 2 rings (SSSR count). The predicted octanol–water partition coefficient (Wildman–Crippen LogP) is 4.37. The maximum atomic E-state index is 11.0. The molecule has 0 fully saturated rings. The van der Waals surface area contributed by atoms with Crippen LogP contribution in [0.2, 0.25) is 5.02 Å². The van der Waals surface area contributed by atoms with Crippen LogP contribution < -0.4 is 0 Å². The van der Waals surface area contributed by atoms with Gasteiger partial charge in [0.15, 0.2) is 0 Å². The van der Waals surface area contributed by atoms with Gasteiger partial charge < -0.3 is 5.11 Å². The molecule has 0 aliphatic heterocycles. The summed E-state index contributed by atoms with van der Waals surface area (Å²) < 4.78 is 0. The zero-order valence-electron chi connectivity index (χ0n) is 10.2. The van der Waals surface area contributed by atoms with E-state index in [9.17, 15) is 4.79 Å². The monoisotopic (exact) mass is 292 g/mol. The van der Waals surface area contributed by atoms with Crippen molar-refractivity contribution in [2.24, 2.45) is 0 Å². The van der Waals surface area contributed by atoms with E-state index in [1.807, 2.05) is 24.3 Å². The molecule has 0 aliphatic carbocycles. The smallest absolute Gasteiger partial charge is 0.337 e. The molecular formula is C15H13ClO2S. The van der Waals surface area contributed by atoms with Crippen LogP contribution in [0.15, 0.2) is 53.4 Å². The lowest BCUT2D eigenvalue weighted by Gasteiger charge is -2.05. The number of aryl methyl sites for hydroxylation is 1. The van der Waals surface area contributed by atoms with Crippen molar-refractivity contribution in [3.05, 3.63) is 64.7 Å². The number of thioether (sulfide) groups is 1. The fourth-order valence-corrected chi connectivity index (χ4v) is 2.83. The van der Waals surface area contributed by atoms with Crippen LogP contribution in [0.1, 0.15) is 15.9 Å².